The molecule has 9 heteroatoms. The molecule has 29 heavy (non-hydrogen) atoms. The summed E-state index contributed by atoms with van der Waals surface area (Å²) in [6.45, 7) is 5.42. The molecule has 2 aromatic heterocycles. The summed E-state index contributed by atoms with van der Waals surface area (Å²) in [5, 5.41) is 12.0. The lowest BCUT2D eigenvalue weighted by Crippen LogP contribution is -2.47. The van der Waals surface area contributed by atoms with Crippen LogP contribution < -0.4 is 10.6 Å². The molecule has 0 spiro atoms. The minimum Gasteiger partial charge on any atom is -0.340 e. The van der Waals surface area contributed by atoms with Gasteiger partial charge in [-0.05, 0) is 37.1 Å². The SMILES string of the molecule is Cc1ccc(-c2cc(NC(=O)C(NC(=O)c3c(F)cccc3F)C(C)C)n[nH]2)s1. The molecule has 2 heterocycles. The first-order valence-electron chi connectivity index (χ1n) is 8.94. The first-order chi connectivity index (χ1) is 13.8. The van der Waals surface area contributed by atoms with Crippen LogP contribution in [0.4, 0.5) is 14.6 Å². The number of benzene rings is 1. The lowest BCUT2D eigenvalue weighted by Gasteiger charge is -2.21. The molecule has 3 rings (SSSR count). The summed E-state index contributed by atoms with van der Waals surface area (Å²) in [5.41, 5.74) is 0.0260. The van der Waals surface area contributed by atoms with E-state index in [0.717, 1.165) is 27.6 Å². The van der Waals surface area contributed by atoms with E-state index in [4.69, 9.17) is 0 Å². The van der Waals surface area contributed by atoms with Gasteiger partial charge in [-0.2, -0.15) is 5.10 Å². The number of aromatic nitrogens is 2. The fourth-order valence-electron chi connectivity index (χ4n) is 2.76. The van der Waals surface area contributed by atoms with Crippen LogP contribution >= 0.6 is 11.3 Å². The summed E-state index contributed by atoms with van der Waals surface area (Å²) < 4.78 is 27.7. The number of aromatic amines is 1. The normalized spacial score (nSPS) is 12.1. The standard InChI is InChI=1S/C20H20F2N4O2S/c1-10(2)18(24-19(27)17-12(21)5-4-6-13(17)22)20(28)23-16-9-14(25-26-16)15-8-7-11(3)29-15/h4-10,18H,1-3H3,(H,24,27)(H2,23,25,26,28). The fourth-order valence-corrected chi connectivity index (χ4v) is 3.59. The second kappa shape index (κ2) is 8.52. The van der Waals surface area contributed by atoms with E-state index < -0.39 is 35.1 Å². The number of thiophene rings is 1. The topological polar surface area (TPSA) is 86.9 Å². The van der Waals surface area contributed by atoms with Crippen molar-refractivity contribution in [3.8, 4) is 10.6 Å². The molecule has 0 saturated carbocycles. The van der Waals surface area contributed by atoms with Gasteiger partial charge in [0, 0.05) is 10.9 Å². The first kappa shape index (κ1) is 20.7. The Kier molecular flexibility index (Phi) is 6.07. The number of hydrogen-bond donors (Lipinski definition) is 3. The van der Waals surface area contributed by atoms with Crippen molar-refractivity contribution in [2.45, 2.75) is 26.8 Å². The highest BCUT2D eigenvalue weighted by Gasteiger charge is 2.27. The third-order valence-corrected chi connectivity index (χ3v) is 5.29. The lowest BCUT2D eigenvalue weighted by atomic mass is 10.0. The summed E-state index contributed by atoms with van der Waals surface area (Å²) >= 11 is 1.58. The molecule has 152 valence electrons. The number of rotatable bonds is 6. The first-order valence-corrected chi connectivity index (χ1v) is 9.76. The number of hydrogen-bond acceptors (Lipinski definition) is 4. The molecule has 3 N–H and O–H groups in total. The predicted octanol–water partition coefficient (Wildman–Crippen LogP) is 4.12. The van der Waals surface area contributed by atoms with Crippen molar-refractivity contribution in [2.75, 3.05) is 5.32 Å². The highest BCUT2D eigenvalue weighted by molar-refractivity contribution is 7.15. The van der Waals surface area contributed by atoms with E-state index in [-0.39, 0.29) is 11.7 Å². The van der Waals surface area contributed by atoms with Gasteiger partial charge >= 0.3 is 0 Å². The summed E-state index contributed by atoms with van der Waals surface area (Å²) in [5.74, 6) is -3.56. The second-order valence-corrected chi connectivity index (χ2v) is 8.15. The molecule has 2 amide bonds. The maximum absolute atomic E-state index is 13.9. The lowest BCUT2D eigenvalue weighted by molar-refractivity contribution is -0.118. The van der Waals surface area contributed by atoms with E-state index in [1.165, 1.54) is 6.07 Å². The van der Waals surface area contributed by atoms with E-state index in [2.05, 4.69) is 20.8 Å². The molecule has 1 unspecified atom stereocenters. The molecule has 0 aliphatic heterocycles. The van der Waals surface area contributed by atoms with Crippen molar-refractivity contribution in [1.82, 2.24) is 15.5 Å². The average Bonchev–Trinajstić information content (AvgIpc) is 3.28. The zero-order valence-electron chi connectivity index (χ0n) is 16.0. The number of amides is 2. The molecule has 0 aliphatic rings. The van der Waals surface area contributed by atoms with Crippen LogP contribution in [-0.2, 0) is 4.79 Å². The smallest absolute Gasteiger partial charge is 0.257 e. The Morgan fingerprint density at radius 2 is 1.83 bits per heavy atom. The van der Waals surface area contributed by atoms with Crippen molar-refractivity contribution in [3.05, 3.63) is 58.5 Å². The van der Waals surface area contributed by atoms with E-state index in [1.54, 1.807) is 31.3 Å². The van der Waals surface area contributed by atoms with Crippen LogP contribution in [0.1, 0.15) is 29.1 Å². The number of H-pyrrole nitrogens is 1. The third kappa shape index (κ3) is 4.68. The van der Waals surface area contributed by atoms with E-state index in [0.29, 0.717) is 0 Å². The minimum absolute atomic E-state index is 0.285. The van der Waals surface area contributed by atoms with Crippen LogP contribution in [0.2, 0.25) is 0 Å². The van der Waals surface area contributed by atoms with Gasteiger partial charge in [0.15, 0.2) is 5.82 Å². The molecular weight excluding hydrogens is 398 g/mol. The van der Waals surface area contributed by atoms with E-state index in [1.807, 2.05) is 19.1 Å². The molecule has 0 bridgehead atoms. The number of carbonyl (C=O) groups excluding carboxylic acids is 2. The Labute approximate surface area is 170 Å². The quantitative estimate of drug-likeness (QED) is 0.563. The van der Waals surface area contributed by atoms with Crippen LogP contribution in [0.25, 0.3) is 10.6 Å². The van der Waals surface area contributed by atoms with Gasteiger partial charge in [-0.1, -0.05) is 19.9 Å². The highest BCUT2D eigenvalue weighted by atomic mass is 32.1. The molecule has 3 aromatic rings. The number of anilines is 1. The Morgan fingerprint density at radius 3 is 2.41 bits per heavy atom. The van der Waals surface area contributed by atoms with Gasteiger partial charge in [0.25, 0.3) is 5.91 Å². The zero-order chi connectivity index (χ0) is 21.1. The summed E-state index contributed by atoms with van der Waals surface area (Å²) in [4.78, 5) is 27.1. The monoisotopic (exact) mass is 418 g/mol. The van der Waals surface area contributed by atoms with Gasteiger partial charge in [0.1, 0.15) is 23.2 Å². The van der Waals surface area contributed by atoms with Gasteiger partial charge in [-0.25, -0.2) is 8.78 Å². The predicted molar refractivity (Wildman–Crippen MR) is 108 cm³/mol. The van der Waals surface area contributed by atoms with Crippen LogP contribution in [0.3, 0.4) is 0 Å². The highest BCUT2D eigenvalue weighted by Crippen LogP contribution is 2.27. The molecule has 0 radical (unpaired) electrons. The Morgan fingerprint density at radius 1 is 1.14 bits per heavy atom. The van der Waals surface area contributed by atoms with Crippen LogP contribution in [-0.4, -0.2) is 28.1 Å². The van der Waals surface area contributed by atoms with Gasteiger partial charge in [0.2, 0.25) is 5.91 Å². The van der Waals surface area contributed by atoms with Crippen molar-refractivity contribution < 1.29 is 18.4 Å². The molecule has 0 saturated heterocycles. The summed E-state index contributed by atoms with van der Waals surface area (Å²) in [6, 6.07) is 7.73. The van der Waals surface area contributed by atoms with E-state index in [9.17, 15) is 18.4 Å². The van der Waals surface area contributed by atoms with Crippen LogP contribution in [0.15, 0.2) is 36.4 Å². The molecular formula is C20H20F2N4O2S. The molecule has 1 atom stereocenters. The van der Waals surface area contributed by atoms with Gasteiger partial charge in [0.05, 0.1) is 10.6 Å². The fraction of sp³-hybridized carbons (Fsp3) is 0.250. The largest absolute Gasteiger partial charge is 0.340 e. The number of aryl methyl sites for hydroxylation is 1. The number of nitrogens with zero attached hydrogens (tertiary/aromatic N) is 1. The molecule has 1 aromatic carbocycles. The van der Waals surface area contributed by atoms with Gasteiger partial charge in [-0.3, -0.25) is 14.7 Å². The molecule has 0 aliphatic carbocycles. The minimum atomic E-state index is -1.01. The summed E-state index contributed by atoms with van der Waals surface area (Å²) in [6.07, 6.45) is 0. The average molecular weight is 418 g/mol. The molecule has 0 fully saturated rings. The Hall–Kier alpha value is -3.07. The van der Waals surface area contributed by atoms with Crippen molar-refractivity contribution in [2.24, 2.45) is 5.92 Å². The number of carbonyl (C=O) groups is 2. The zero-order valence-corrected chi connectivity index (χ0v) is 16.9. The van der Waals surface area contributed by atoms with Crippen LogP contribution in [0, 0.1) is 24.5 Å². The number of nitrogens with one attached hydrogen (secondary N) is 3. The Bertz CT molecular complexity index is 1020. The van der Waals surface area contributed by atoms with Crippen molar-refractivity contribution >= 4 is 29.0 Å². The van der Waals surface area contributed by atoms with Crippen molar-refractivity contribution in [1.29, 1.82) is 0 Å². The van der Waals surface area contributed by atoms with Gasteiger partial charge < -0.3 is 10.6 Å². The number of halogens is 2. The van der Waals surface area contributed by atoms with E-state index >= 15 is 0 Å². The van der Waals surface area contributed by atoms with Crippen LogP contribution in [0.5, 0.6) is 0 Å². The summed E-state index contributed by atoms with van der Waals surface area (Å²) in [7, 11) is 0. The Balaban J connectivity index is 1.73. The maximum Gasteiger partial charge on any atom is 0.257 e. The molecule has 6 nitrogen and oxygen atoms in total. The van der Waals surface area contributed by atoms with Gasteiger partial charge in [-0.15, -0.1) is 11.3 Å². The third-order valence-electron chi connectivity index (χ3n) is 4.26. The van der Waals surface area contributed by atoms with Crippen molar-refractivity contribution in [3.63, 3.8) is 0 Å². The second-order valence-electron chi connectivity index (χ2n) is 6.86. The maximum atomic E-state index is 13.9.